The zero-order valence-corrected chi connectivity index (χ0v) is 19.8. The van der Waals surface area contributed by atoms with Crippen molar-refractivity contribution in [2.75, 3.05) is 6.67 Å². The Bertz CT molecular complexity index is 979. The van der Waals surface area contributed by atoms with Crippen molar-refractivity contribution in [2.24, 2.45) is 11.8 Å². The molecule has 0 saturated carbocycles. The van der Waals surface area contributed by atoms with E-state index in [9.17, 15) is 19.1 Å². The molecule has 0 radical (unpaired) electrons. The van der Waals surface area contributed by atoms with E-state index in [0.29, 0.717) is 0 Å². The number of halogens is 1. The van der Waals surface area contributed by atoms with Crippen LogP contribution in [0.1, 0.15) is 43.9 Å². The highest BCUT2D eigenvalue weighted by Gasteiger charge is 2.49. The van der Waals surface area contributed by atoms with Crippen LogP contribution in [-0.2, 0) is 19.7 Å². The fourth-order valence-corrected chi connectivity index (χ4v) is 4.56. The lowest BCUT2D eigenvalue weighted by Gasteiger charge is -2.41. The maximum absolute atomic E-state index is 14.2. The Labute approximate surface area is 200 Å². The molecule has 0 saturated heterocycles. The summed E-state index contributed by atoms with van der Waals surface area (Å²) in [5.74, 6) is -4.20. The third-order valence-electron chi connectivity index (χ3n) is 5.95. The van der Waals surface area contributed by atoms with E-state index < -0.39 is 41.5 Å². The summed E-state index contributed by atoms with van der Waals surface area (Å²) in [5.41, 5.74) is 0.286. The van der Waals surface area contributed by atoms with E-state index in [-0.39, 0.29) is 6.42 Å². The van der Waals surface area contributed by atoms with Gasteiger partial charge in [0, 0.05) is 0 Å². The second-order valence-electron chi connectivity index (χ2n) is 9.42. The highest BCUT2D eigenvalue weighted by molar-refractivity contribution is 5.79. The number of alkyl halides is 1. The largest absolute Gasteiger partial charge is 0.481 e. The van der Waals surface area contributed by atoms with Gasteiger partial charge >= 0.3 is 11.9 Å². The van der Waals surface area contributed by atoms with Gasteiger partial charge in [0.25, 0.3) is 0 Å². The molecule has 0 amide bonds. The van der Waals surface area contributed by atoms with Gasteiger partial charge in [-0.3, -0.25) is 14.0 Å². The van der Waals surface area contributed by atoms with Crippen LogP contribution in [0.25, 0.3) is 0 Å². The number of hydrogen-bond acceptors (Lipinski definition) is 3. The second-order valence-corrected chi connectivity index (χ2v) is 9.42. The van der Waals surface area contributed by atoms with Crippen LogP contribution in [0.2, 0.25) is 0 Å². The van der Waals surface area contributed by atoms with Crippen LogP contribution in [-0.4, -0.2) is 29.3 Å². The summed E-state index contributed by atoms with van der Waals surface area (Å²) in [6.45, 7) is 4.11. The Kier molecular flexibility index (Phi) is 7.87. The van der Waals surface area contributed by atoms with E-state index in [0.717, 1.165) is 16.7 Å². The smallest absolute Gasteiger partial charge is 0.312 e. The molecule has 178 valence electrons. The number of hydrogen-bond donors (Lipinski definition) is 1. The number of carboxylic acids is 1. The number of rotatable bonds is 9. The number of carboxylic acid groups (broad SMARTS) is 1. The van der Waals surface area contributed by atoms with E-state index in [4.69, 9.17) is 4.74 Å². The molecule has 2 unspecified atom stereocenters. The van der Waals surface area contributed by atoms with Crippen LogP contribution in [0, 0.1) is 11.8 Å². The van der Waals surface area contributed by atoms with Gasteiger partial charge in [0.1, 0.15) is 12.3 Å². The number of carbonyl (C=O) groups excluding carboxylic acids is 1. The maximum Gasteiger partial charge on any atom is 0.312 e. The lowest BCUT2D eigenvalue weighted by atomic mass is 9.60. The molecule has 3 aromatic carbocycles. The lowest BCUT2D eigenvalue weighted by Crippen LogP contribution is -2.44. The molecule has 0 aliphatic rings. The summed E-state index contributed by atoms with van der Waals surface area (Å²) < 4.78 is 19.6. The van der Waals surface area contributed by atoms with Crippen molar-refractivity contribution >= 4 is 11.9 Å². The van der Waals surface area contributed by atoms with Crippen molar-refractivity contribution in [3.8, 4) is 0 Å². The third kappa shape index (κ3) is 5.36. The summed E-state index contributed by atoms with van der Waals surface area (Å²) in [4.78, 5) is 25.8. The Balaban J connectivity index is 2.26. The number of ether oxygens (including phenoxy) is 1. The standard InChI is InChI=1S/C29H31FO4/c1-28(2,3)34-27(33)21(20-30)19-25(26(31)32)29(22-13-7-4-8-14-22,23-15-9-5-10-16-23)24-17-11-6-12-18-24/h4-18,21,25H,19-20H2,1-3H3,(H,31,32). The highest BCUT2D eigenvalue weighted by atomic mass is 19.1. The summed E-state index contributed by atoms with van der Waals surface area (Å²) in [7, 11) is 0. The molecule has 0 bridgehead atoms. The van der Waals surface area contributed by atoms with Gasteiger partial charge in [0.15, 0.2) is 0 Å². The molecular weight excluding hydrogens is 431 g/mol. The molecule has 0 fully saturated rings. The van der Waals surface area contributed by atoms with Crippen molar-refractivity contribution in [3.05, 3.63) is 108 Å². The van der Waals surface area contributed by atoms with Crippen LogP contribution >= 0.6 is 0 Å². The van der Waals surface area contributed by atoms with Crippen molar-refractivity contribution < 1.29 is 23.8 Å². The minimum atomic E-state index is -1.21. The molecule has 0 heterocycles. The van der Waals surface area contributed by atoms with Crippen LogP contribution in [0.4, 0.5) is 4.39 Å². The molecule has 1 N–H and O–H groups in total. The Morgan fingerprint density at radius 3 is 1.47 bits per heavy atom. The minimum absolute atomic E-state index is 0.223. The summed E-state index contributed by atoms with van der Waals surface area (Å²) in [5, 5.41) is 10.6. The monoisotopic (exact) mass is 462 g/mol. The van der Waals surface area contributed by atoms with Crippen molar-refractivity contribution in [3.63, 3.8) is 0 Å². The molecule has 3 rings (SSSR count). The van der Waals surface area contributed by atoms with E-state index in [1.54, 1.807) is 20.8 Å². The first-order valence-corrected chi connectivity index (χ1v) is 11.4. The number of aliphatic carboxylic acids is 1. The molecule has 4 nitrogen and oxygen atoms in total. The molecule has 0 aliphatic heterocycles. The van der Waals surface area contributed by atoms with E-state index in [1.165, 1.54) is 0 Å². The SMILES string of the molecule is CC(C)(C)OC(=O)C(CF)CC(C(=O)O)C(c1ccccc1)(c1ccccc1)c1ccccc1. The van der Waals surface area contributed by atoms with Gasteiger partial charge in [0.2, 0.25) is 0 Å². The van der Waals surface area contributed by atoms with Crippen LogP contribution in [0.5, 0.6) is 0 Å². The first-order chi connectivity index (χ1) is 16.2. The second kappa shape index (κ2) is 10.6. The van der Waals surface area contributed by atoms with Crippen molar-refractivity contribution in [1.82, 2.24) is 0 Å². The van der Waals surface area contributed by atoms with Gasteiger partial charge < -0.3 is 9.84 Å². The van der Waals surface area contributed by atoms with Gasteiger partial charge in [-0.25, -0.2) is 0 Å². The van der Waals surface area contributed by atoms with Gasteiger partial charge in [-0.05, 0) is 43.9 Å². The lowest BCUT2D eigenvalue weighted by molar-refractivity contribution is -0.162. The quantitative estimate of drug-likeness (QED) is 0.311. The predicted octanol–water partition coefficient (Wildman–Crippen LogP) is 6.04. The summed E-state index contributed by atoms with van der Waals surface area (Å²) >= 11 is 0. The van der Waals surface area contributed by atoms with Crippen molar-refractivity contribution in [2.45, 2.75) is 38.2 Å². The highest BCUT2D eigenvalue weighted by Crippen LogP contribution is 2.48. The number of benzene rings is 3. The normalized spacial score (nSPS) is 13.6. The maximum atomic E-state index is 14.2. The van der Waals surface area contributed by atoms with E-state index >= 15 is 0 Å². The summed E-state index contributed by atoms with van der Waals surface area (Å²) in [6, 6.07) is 28.0. The average molecular weight is 463 g/mol. The molecular formula is C29H31FO4. The van der Waals surface area contributed by atoms with Crippen LogP contribution in [0.15, 0.2) is 91.0 Å². The van der Waals surface area contributed by atoms with Gasteiger partial charge in [-0.15, -0.1) is 0 Å². The van der Waals surface area contributed by atoms with Crippen LogP contribution < -0.4 is 0 Å². The fourth-order valence-electron chi connectivity index (χ4n) is 4.56. The molecule has 2 atom stereocenters. The zero-order valence-electron chi connectivity index (χ0n) is 19.8. The van der Waals surface area contributed by atoms with E-state index in [2.05, 4.69) is 0 Å². The first kappa shape index (κ1) is 25.2. The average Bonchev–Trinajstić information content (AvgIpc) is 2.82. The first-order valence-electron chi connectivity index (χ1n) is 11.4. The van der Waals surface area contributed by atoms with Crippen molar-refractivity contribution in [1.29, 1.82) is 0 Å². The zero-order chi connectivity index (χ0) is 24.8. The Hall–Kier alpha value is -3.47. The van der Waals surface area contributed by atoms with E-state index in [1.807, 2.05) is 91.0 Å². The summed E-state index contributed by atoms with van der Waals surface area (Å²) in [6.07, 6.45) is -0.223. The van der Waals surface area contributed by atoms with Gasteiger partial charge in [-0.2, -0.15) is 0 Å². The third-order valence-corrected chi connectivity index (χ3v) is 5.95. The van der Waals surface area contributed by atoms with Gasteiger partial charge in [-0.1, -0.05) is 91.0 Å². The Morgan fingerprint density at radius 1 is 0.794 bits per heavy atom. The Morgan fingerprint density at radius 2 is 1.18 bits per heavy atom. The molecule has 5 heteroatoms. The molecule has 0 spiro atoms. The minimum Gasteiger partial charge on any atom is -0.481 e. The molecule has 34 heavy (non-hydrogen) atoms. The van der Waals surface area contributed by atoms with Gasteiger partial charge in [0.05, 0.1) is 17.3 Å². The molecule has 3 aromatic rings. The molecule has 0 aliphatic carbocycles. The topological polar surface area (TPSA) is 63.6 Å². The number of esters is 1. The fraction of sp³-hybridized carbons (Fsp3) is 0.310. The predicted molar refractivity (Wildman–Crippen MR) is 130 cm³/mol. The molecule has 0 aromatic heterocycles. The number of carbonyl (C=O) groups is 2. The van der Waals surface area contributed by atoms with Crippen LogP contribution in [0.3, 0.4) is 0 Å².